The number of carbonyl (C=O) groups is 1. The summed E-state index contributed by atoms with van der Waals surface area (Å²) < 4.78 is 39.6. The average molecular weight is 381 g/mol. The summed E-state index contributed by atoms with van der Waals surface area (Å²) in [4.78, 5) is 12.0. The standard InChI is InChI=1S/C16H8BrF3N2O/c17-12-6-9(1-3-13(12)19)5-10(8-21)16(23)22-15-4-2-11(18)7-14(15)20/h1-7H,(H,22,23)/b10-5+. The zero-order valence-electron chi connectivity index (χ0n) is 11.4. The first kappa shape index (κ1) is 16.8. The molecule has 2 aromatic rings. The van der Waals surface area contributed by atoms with Crippen LogP contribution in [0.1, 0.15) is 5.56 Å². The number of nitrogens with one attached hydrogen (secondary N) is 1. The Morgan fingerprint density at radius 2 is 1.87 bits per heavy atom. The molecule has 0 saturated carbocycles. The summed E-state index contributed by atoms with van der Waals surface area (Å²) in [6, 6.07) is 8.25. The van der Waals surface area contributed by atoms with Gasteiger partial charge in [0.25, 0.3) is 5.91 Å². The average Bonchev–Trinajstić information content (AvgIpc) is 2.51. The third-order valence-electron chi connectivity index (χ3n) is 2.80. The number of nitriles is 1. The molecule has 0 bridgehead atoms. The van der Waals surface area contributed by atoms with Gasteiger partial charge in [0.15, 0.2) is 0 Å². The Kier molecular flexibility index (Phi) is 5.19. The number of benzene rings is 2. The molecular formula is C16H8BrF3N2O. The topological polar surface area (TPSA) is 52.9 Å². The SMILES string of the molecule is N#C/C(=C\c1ccc(F)c(Br)c1)C(=O)Nc1ccc(F)cc1F. The maximum Gasteiger partial charge on any atom is 0.266 e. The molecule has 1 N–H and O–H groups in total. The van der Waals surface area contributed by atoms with Gasteiger partial charge in [-0.1, -0.05) is 6.07 Å². The number of rotatable bonds is 3. The lowest BCUT2D eigenvalue weighted by Crippen LogP contribution is -2.14. The minimum atomic E-state index is -0.958. The Labute approximate surface area is 138 Å². The maximum atomic E-state index is 13.5. The lowest BCUT2D eigenvalue weighted by atomic mass is 10.1. The summed E-state index contributed by atoms with van der Waals surface area (Å²) in [5.74, 6) is -3.09. The largest absolute Gasteiger partial charge is 0.319 e. The van der Waals surface area contributed by atoms with Crippen LogP contribution in [-0.2, 0) is 4.79 Å². The third kappa shape index (κ3) is 4.20. The summed E-state index contributed by atoms with van der Waals surface area (Å²) in [5.41, 5.74) is -0.158. The summed E-state index contributed by atoms with van der Waals surface area (Å²) in [7, 11) is 0. The van der Waals surface area contributed by atoms with Crippen LogP contribution in [0.5, 0.6) is 0 Å². The summed E-state index contributed by atoms with van der Waals surface area (Å²) in [6.45, 7) is 0. The molecule has 0 aromatic heterocycles. The van der Waals surface area contributed by atoms with Gasteiger partial charge in [0.1, 0.15) is 29.1 Å². The number of hydrogen-bond acceptors (Lipinski definition) is 2. The number of nitrogens with zero attached hydrogens (tertiary/aromatic N) is 1. The molecule has 0 aliphatic heterocycles. The highest BCUT2D eigenvalue weighted by Crippen LogP contribution is 2.20. The molecule has 3 nitrogen and oxygen atoms in total. The lowest BCUT2D eigenvalue weighted by molar-refractivity contribution is -0.112. The Balaban J connectivity index is 2.26. The number of hydrogen-bond donors (Lipinski definition) is 1. The summed E-state index contributed by atoms with van der Waals surface area (Å²) in [6.07, 6.45) is 1.22. The monoisotopic (exact) mass is 380 g/mol. The van der Waals surface area contributed by atoms with Crippen molar-refractivity contribution in [1.29, 1.82) is 5.26 Å². The molecule has 116 valence electrons. The first-order valence-electron chi connectivity index (χ1n) is 6.24. The van der Waals surface area contributed by atoms with Gasteiger partial charge in [0.05, 0.1) is 10.2 Å². The van der Waals surface area contributed by atoms with E-state index in [4.69, 9.17) is 5.26 Å². The zero-order valence-corrected chi connectivity index (χ0v) is 13.0. The molecule has 7 heteroatoms. The van der Waals surface area contributed by atoms with Crippen LogP contribution in [0.2, 0.25) is 0 Å². The van der Waals surface area contributed by atoms with E-state index in [1.54, 1.807) is 6.07 Å². The molecule has 1 amide bonds. The van der Waals surface area contributed by atoms with Gasteiger partial charge in [-0.2, -0.15) is 5.26 Å². The van der Waals surface area contributed by atoms with Gasteiger partial charge >= 0.3 is 0 Å². The van der Waals surface area contributed by atoms with E-state index in [0.717, 1.165) is 12.1 Å². The van der Waals surface area contributed by atoms with Crippen molar-refractivity contribution in [1.82, 2.24) is 0 Å². The van der Waals surface area contributed by atoms with Crippen LogP contribution in [0.4, 0.5) is 18.9 Å². The molecule has 2 rings (SSSR count). The molecule has 0 fully saturated rings. The maximum absolute atomic E-state index is 13.5. The molecule has 0 atom stereocenters. The van der Waals surface area contributed by atoms with E-state index in [1.165, 1.54) is 24.3 Å². The van der Waals surface area contributed by atoms with Crippen LogP contribution in [0.25, 0.3) is 6.08 Å². The fourth-order valence-corrected chi connectivity index (χ4v) is 2.09. The van der Waals surface area contributed by atoms with Crippen molar-refractivity contribution in [3.63, 3.8) is 0 Å². The second kappa shape index (κ2) is 7.11. The Bertz CT molecular complexity index is 844. The first-order chi connectivity index (χ1) is 10.9. The van der Waals surface area contributed by atoms with Gasteiger partial charge in [0, 0.05) is 6.07 Å². The van der Waals surface area contributed by atoms with Gasteiger partial charge in [0.2, 0.25) is 0 Å². The van der Waals surface area contributed by atoms with Gasteiger partial charge in [-0.15, -0.1) is 0 Å². The molecule has 0 aliphatic carbocycles. The minimum Gasteiger partial charge on any atom is -0.319 e. The number of carbonyl (C=O) groups excluding carboxylic acids is 1. The first-order valence-corrected chi connectivity index (χ1v) is 7.03. The normalized spacial score (nSPS) is 11.0. The predicted octanol–water partition coefficient (Wildman–Crippen LogP) is 4.41. The van der Waals surface area contributed by atoms with Crippen molar-refractivity contribution >= 4 is 33.6 Å². The zero-order chi connectivity index (χ0) is 17.0. The van der Waals surface area contributed by atoms with Crippen LogP contribution < -0.4 is 5.32 Å². The number of halogens is 4. The molecule has 2 aromatic carbocycles. The van der Waals surface area contributed by atoms with Gasteiger partial charge in [-0.25, -0.2) is 13.2 Å². The summed E-state index contributed by atoms with van der Waals surface area (Å²) >= 11 is 2.99. The van der Waals surface area contributed by atoms with Crippen LogP contribution in [0.3, 0.4) is 0 Å². The lowest BCUT2D eigenvalue weighted by Gasteiger charge is -2.06. The molecule has 0 spiro atoms. The van der Waals surface area contributed by atoms with Crippen LogP contribution in [-0.4, -0.2) is 5.91 Å². The predicted molar refractivity (Wildman–Crippen MR) is 82.7 cm³/mol. The smallest absolute Gasteiger partial charge is 0.266 e. The summed E-state index contributed by atoms with van der Waals surface area (Å²) in [5, 5.41) is 11.2. The van der Waals surface area contributed by atoms with Crippen molar-refractivity contribution < 1.29 is 18.0 Å². The fourth-order valence-electron chi connectivity index (χ4n) is 1.70. The van der Waals surface area contributed by atoms with Gasteiger partial charge in [-0.3, -0.25) is 4.79 Å². The van der Waals surface area contributed by atoms with Crippen molar-refractivity contribution in [3.8, 4) is 6.07 Å². The highest BCUT2D eigenvalue weighted by molar-refractivity contribution is 9.10. The van der Waals surface area contributed by atoms with E-state index < -0.39 is 23.4 Å². The second-order valence-electron chi connectivity index (χ2n) is 4.42. The van der Waals surface area contributed by atoms with E-state index in [-0.39, 0.29) is 15.7 Å². The van der Waals surface area contributed by atoms with Crippen LogP contribution >= 0.6 is 15.9 Å². The second-order valence-corrected chi connectivity index (χ2v) is 5.28. The highest BCUT2D eigenvalue weighted by atomic mass is 79.9. The molecular weight excluding hydrogens is 373 g/mol. The van der Waals surface area contributed by atoms with Gasteiger partial charge < -0.3 is 5.32 Å². The molecule has 0 heterocycles. The molecule has 23 heavy (non-hydrogen) atoms. The fraction of sp³-hybridized carbons (Fsp3) is 0. The third-order valence-corrected chi connectivity index (χ3v) is 3.41. The minimum absolute atomic E-state index is 0.175. The van der Waals surface area contributed by atoms with E-state index in [0.29, 0.717) is 11.6 Å². The highest BCUT2D eigenvalue weighted by Gasteiger charge is 2.13. The van der Waals surface area contributed by atoms with E-state index in [1.807, 2.05) is 0 Å². The Hall–Kier alpha value is -2.59. The molecule has 0 saturated heterocycles. The van der Waals surface area contributed by atoms with E-state index >= 15 is 0 Å². The molecule has 0 aliphatic rings. The van der Waals surface area contributed by atoms with Crippen LogP contribution in [0, 0.1) is 28.8 Å². The van der Waals surface area contributed by atoms with Crippen molar-refractivity contribution in [2.24, 2.45) is 0 Å². The number of anilines is 1. The van der Waals surface area contributed by atoms with E-state index in [9.17, 15) is 18.0 Å². The van der Waals surface area contributed by atoms with E-state index in [2.05, 4.69) is 21.2 Å². The number of amides is 1. The van der Waals surface area contributed by atoms with Crippen molar-refractivity contribution in [2.45, 2.75) is 0 Å². The molecule has 0 radical (unpaired) electrons. The molecule has 0 unspecified atom stereocenters. The Morgan fingerprint density at radius 1 is 1.13 bits per heavy atom. The van der Waals surface area contributed by atoms with Crippen LogP contribution in [0.15, 0.2) is 46.4 Å². The van der Waals surface area contributed by atoms with Gasteiger partial charge in [-0.05, 0) is 51.8 Å². The van der Waals surface area contributed by atoms with Crippen molar-refractivity contribution in [3.05, 3.63) is 69.5 Å². The van der Waals surface area contributed by atoms with Crippen molar-refractivity contribution in [2.75, 3.05) is 5.32 Å². The quantitative estimate of drug-likeness (QED) is 0.633. The Morgan fingerprint density at radius 3 is 2.48 bits per heavy atom.